The van der Waals surface area contributed by atoms with Crippen LogP contribution in [-0.4, -0.2) is 15.5 Å². The summed E-state index contributed by atoms with van der Waals surface area (Å²) in [6, 6.07) is 1.81. The van der Waals surface area contributed by atoms with E-state index in [9.17, 15) is 0 Å². The van der Waals surface area contributed by atoms with Gasteiger partial charge in [-0.3, -0.25) is 0 Å². The maximum atomic E-state index is 6.12. The van der Waals surface area contributed by atoms with Crippen molar-refractivity contribution in [3.8, 4) is 0 Å². The molecule has 0 fully saturated rings. The van der Waals surface area contributed by atoms with Crippen LogP contribution in [0.25, 0.3) is 0 Å². The van der Waals surface area contributed by atoms with Crippen LogP contribution in [0.1, 0.15) is 66.6 Å². The van der Waals surface area contributed by atoms with E-state index in [2.05, 4.69) is 56.8 Å². The van der Waals surface area contributed by atoms with E-state index in [-0.39, 0.29) is 11.0 Å². The van der Waals surface area contributed by atoms with Crippen LogP contribution < -0.4 is 5.32 Å². The molecule has 0 aliphatic heterocycles. The number of nitrogens with zero attached hydrogens (tertiary/aromatic N) is 2. The second-order valence-corrected chi connectivity index (χ2v) is 6.50. The van der Waals surface area contributed by atoms with Crippen LogP contribution in [0.2, 0.25) is 5.15 Å². The number of aromatic nitrogens is 2. The minimum absolute atomic E-state index is 0.0901. The van der Waals surface area contributed by atoms with Crippen molar-refractivity contribution in [2.75, 3.05) is 5.32 Å². The molecule has 0 bridgehead atoms. The molecular weight excluding hydrogens is 258 g/mol. The van der Waals surface area contributed by atoms with Gasteiger partial charge in [-0.2, -0.15) is 0 Å². The van der Waals surface area contributed by atoms with Crippen molar-refractivity contribution in [1.82, 2.24) is 9.97 Å². The Kier molecular flexibility index (Phi) is 5.19. The molecular formula is C15H26ClN3. The lowest BCUT2D eigenvalue weighted by molar-refractivity contribution is 0.418. The summed E-state index contributed by atoms with van der Waals surface area (Å²) in [6.45, 7) is 12.9. The molecule has 1 heterocycles. The van der Waals surface area contributed by atoms with Crippen LogP contribution in [-0.2, 0) is 5.41 Å². The van der Waals surface area contributed by atoms with Gasteiger partial charge in [0.15, 0.2) is 0 Å². The molecule has 0 aromatic carbocycles. The van der Waals surface area contributed by atoms with Gasteiger partial charge in [-0.25, -0.2) is 9.97 Å². The summed E-state index contributed by atoms with van der Waals surface area (Å²) in [7, 11) is 0. The van der Waals surface area contributed by atoms with E-state index < -0.39 is 0 Å². The third-order valence-corrected chi connectivity index (χ3v) is 3.98. The minimum Gasteiger partial charge on any atom is -0.365 e. The van der Waals surface area contributed by atoms with Crippen molar-refractivity contribution in [3.05, 3.63) is 17.0 Å². The first-order valence-corrected chi connectivity index (χ1v) is 7.47. The van der Waals surface area contributed by atoms with Gasteiger partial charge in [0.2, 0.25) is 0 Å². The molecule has 108 valence electrons. The fraction of sp³-hybridized carbons (Fsp3) is 0.733. The molecule has 3 nitrogen and oxygen atoms in total. The molecule has 0 saturated heterocycles. The monoisotopic (exact) mass is 283 g/mol. The zero-order valence-electron chi connectivity index (χ0n) is 13.0. The number of nitrogens with one attached hydrogen (secondary N) is 1. The smallest absolute Gasteiger partial charge is 0.137 e. The SMILES string of the molecule is CCC(CC)(CC)Nc1cc(Cl)nc(C(C)(C)C)n1. The van der Waals surface area contributed by atoms with Crippen LogP contribution in [0.15, 0.2) is 6.07 Å². The van der Waals surface area contributed by atoms with E-state index in [1.807, 2.05) is 6.07 Å². The number of hydrogen-bond donors (Lipinski definition) is 1. The van der Waals surface area contributed by atoms with Crippen molar-refractivity contribution in [2.24, 2.45) is 0 Å². The highest BCUT2D eigenvalue weighted by Gasteiger charge is 2.25. The largest absolute Gasteiger partial charge is 0.365 e. The Labute approximate surface area is 122 Å². The highest BCUT2D eigenvalue weighted by Crippen LogP contribution is 2.27. The first-order chi connectivity index (χ1) is 8.76. The molecule has 4 heteroatoms. The van der Waals surface area contributed by atoms with E-state index in [0.29, 0.717) is 5.15 Å². The molecule has 1 N–H and O–H groups in total. The first-order valence-electron chi connectivity index (χ1n) is 7.09. The topological polar surface area (TPSA) is 37.8 Å². The maximum absolute atomic E-state index is 6.12. The number of anilines is 1. The van der Waals surface area contributed by atoms with Crippen molar-refractivity contribution < 1.29 is 0 Å². The van der Waals surface area contributed by atoms with E-state index >= 15 is 0 Å². The van der Waals surface area contributed by atoms with Crippen LogP contribution in [0.4, 0.5) is 5.82 Å². The Morgan fingerprint density at radius 2 is 1.58 bits per heavy atom. The Morgan fingerprint density at radius 3 is 2.00 bits per heavy atom. The van der Waals surface area contributed by atoms with Gasteiger partial charge in [0.05, 0.1) is 0 Å². The van der Waals surface area contributed by atoms with Gasteiger partial charge in [0, 0.05) is 17.0 Å². The average Bonchev–Trinajstić information content (AvgIpc) is 2.34. The lowest BCUT2D eigenvalue weighted by atomic mass is 9.90. The van der Waals surface area contributed by atoms with Crippen molar-refractivity contribution in [3.63, 3.8) is 0 Å². The van der Waals surface area contributed by atoms with Gasteiger partial charge < -0.3 is 5.32 Å². The van der Waals surface area contributed by atoms with Crippen LogP contribution in [0, 0.1) is 0 Å². The third kappa shape index (κ3) is 4.07. The first kappa shape index (κ1) is 16.2. The fourth-order valence-corrected chi connectivity index (χ4v) is 2.29. The molecule has 1 aromatic rings. The molecule has 0 amide bonds. The third-order valence-electron chi connectivity index (χ3n) is 3.79. The summed E-state index contributed by atoms with van der Waals surface area (Å²) in [4.78, 5) is 8.95. The lowest BCUT2D eigenvalue weighted by Crippen LogP contribution is -2.36. The summed E-state index contributed by atoms with van der Waals surface area (Å²) in [6.07, 6.45) is 3.19. The second-order valence-electron chi connectivity index (χ2n) is 6.12. The Balaban J connectivity index is 3.11. The molecule has 0 aliphatic carbocycles. The van der Waals surface area contributed by atoms with Gasteiger partial charge in [-0.15, -0.1) is 0 Å². The maximum Gasteiger partial charge on any atom is 0.137 e. The highest BCUT2D eigenvalue weighted by molar-refractivity contribution is 6.29. The second kappa shape index (κ2) is 6.08. The Morgan fingerprint density at radius 1 is 1.05 bits per heavy atom. The Hall–Kier alpha value is -0.830. The minimum atomic E-state index is -0.103. The predicted molar refractivity (Wildman–Crippen MR) is 83.0 cm³/mol. The molecule has 19 heavy (non-hydrogen) atoms. The number of rotatable bonds is 5. The van der Waals surface area contributed by atoms with Crippen molar-refractivity contribution >= 4 is 17.4 Å². The van der Waals surface area contributed by atoms with Crippen LogP contribution in [0.5, 0.6) is 0 Å². The molecule has 0 unspecified atom stereocenters. The van der Waals surface area contributed by atoms with E-state index in [0.717, 1.165) is 30.9 Å². The molecule has 0 aliphatic rings. The molecule has 1 rings (SSSR count). The summed E-state index contributed by atoms with van der Waals surface area (Å²) >= 11 is 6.12. The van der Waals surface area contributed by atoms with E-state index in [1.165, 1.54) is 0 Å². The van der Waals surface area contributed by atoms with Gasteiger partial charge in [0.1, 0.15) is 16.8 Å². The molecule has 0 atom stereocenters. The number of halogens is 1. The number of hydrogen-bond acceptors (Lipinski definition) is 3. The average molecular weight is 284 g/mol. The molecule has 0 spiro atoms. The lowest BCUT2D eigenvalue weighted by Gasteiger charge is -2.32. The molecule has 0 saturated carbocycles. The standard InChI is InChI=1S/C15H26ClN3/c1-7-15(8-2,9-3)19-12-10-11(16)17-13(18-12)14(4,5)6/h10H,7-9H2,1-6H3,(H,17,18,19). The van der Waals surface area contributed by atoms with E-state index in [1.54, 1.807) is 0 Å². The van der Waals surface area contributed by atoms with Crippen molar-refractivity contribution in [2.45, 2.75) is 71.8 Å². The van der Waals surface area contributed by atoms with Gasteiger partial charge >= 0.3 is 0 Å². The van der Waals surface area contributed by atoms with Gasteiger partial charge in [0.25, 0.3) is 0 Å². The highest BCUT2D eigenvalue weighted by atomic mass is 35.5. The van der Waals surface area contributed by atoms with Gasteiger partial charge in [-0.1, -0.05) is 53.1 Å². The van der Waals surface area contributed by atoms with E-state index in [4.69, 9.17) is 11.6 Å². The summed E-state index contributed by atoms with van der Waals surface area (Å²) in [5.74, 6) is 1.61. The molecule has 1 aromatic heterocycles. The summed E-state index contributed by atoms with van der Waals surface area (Å²) in [5, 5.41) is 4.06. The van der Waals surface area contributed by atoms with Gasteiger partial charge in [-0.05, 0) is 19.3 Å². The zero-order chi connectivity index (χ0) is 14.7. The van der Waals surface area contributed by atoms with Crippen LogP contribution >= 0.6 is 11.6 Å². The quantitative estimate of drug-likeness (QED) is 0.788. The zero-order valence-corrected chi connectivity index (χ0v) is 13.7. The fourth-order valence-electron chi connectivity index (χ4n) is 2.10. The predicted octanol–water partition coefficient (Wildman–Crippen LogP) is 4.81. The normalized spacial score (nSPS) is 12.6. The van der Waals surface area contributed by atoms with Crippen LogP contribution in [0.3, 0.4) is 0 Å². The summed E-state index contributed by atoms with van der Waals surface area (Å²) < 4.78 is 0. The Bertz CT molecular complexity index is 412. The molecule has 0 radical (unpaired) electrons. The summed E-state index contributed by atoms with van der Waals surface area (Å²) in [5.41, 5.74) is -0.0124. The van der Waals surface area contributed by atoms with Crippen molar-refractivity contribution in [1.29, 1.82) is 0 Å².